The Morgan fingerprint density at radius 3 is 2.89 bits per heavy atom. The fraction of sp³-hybridized carbons (Fsp3) is 0.524. The molecule has 0 spiro atoms. The van der Waals surface area contributed by atoms with Crippen LogP contribution in [0.3, 0.4) is 0 Å². The number of hydrogen-bond donors (Lipinski definition) is 1. The standard InChI is InChI=1S/C21H29ClN4O/c1-16-19(13-24-25(16)2)15-26-11-5-6-17(14-26)9-10-21(27)23-12-18-7-3-4-8-20(18)22/h3-4,7-8,13,17H,5-6,9-12,14-15H2,1-2H3,(H,23,27). The summed E-state index contributed by atoms with van der Waals surface area (Å²) in [5, 5.41) is 8.03. The van der Waals surface area contributed by atoms with E-state index in [1.54, 1.807) is 0 Å². The number of hydrogen-bond acceptors (Lipinski definition) is 3. The first-order valence-electron chi connectivity index (χ1n) is 9.73. The molecule has 0 aliphatic carbocycles. The van der Waals surface area contributed by atoms with Gasteiger partial charge in [-0.3, -0.25) is 14.4 Å². The van der Waals surface area contributed by atoms with Gasteiger partial charge in [0.2, 0.25) is 5.91 Å². The predicted molar refractivity (Wildman–Crippen MR) is 108 cm³/mol. The van der Waals surface area contributed by atoms with E-state index in [1.165, 1.54) is 24.1 Å². The molecule has 146 valence electrons. The van der Waals surface area contributed by atoms with Crippen LogP contribution in [0.4, 0.5) is 0 Å². The number of aryl methyl sites for hydroxylation is 1. The second kappa shape index (κ2) is 9.38. The van der Waals surface area contributed by atoms with Crippen molar-refractivity contribution < 1.29 is 4.79 Å². The minimum absolute atomic E-state index is 0.107. The molecule has 1 fully saturated rings. The van der Waals surface area contributed by atoms with Gasteiger partial charge in [0.15, 0.2) is 0 Å². The van der Waals surface area contributed by atoms with Gasteiger partial charge in [-0.1, -0.05) is 29.8 Å². The lowest BCUT2D eigenvalue weighted by Gasteiger charge is -2.32. The van der Waals surface area contributed by atoms with E-state index in [0.29, 0.717) is 23.9 Å². The van der Waals surface area contributed by atoms with Crippen molar-refractivity contribution in [3.63, 3.8) is 0 Å². The first-order chi connectivity index (χ1) is 13.0. The lowest BCUT2D eigenvalue weighted by molar-refractivity contribution is -0.121. The average molecular weight is 389 g/mol. The molecule has 2 heterocycles. The molecular weight excluding hydrogens is 360 g/mol. The van der Waals surface area contributed by atoms with E-state index in [0.717, 1.165) is 31.6 Å². The van der Waals surface area contributed by atoms with Crippen LogP contribution in [-0.4, -0.2) is 33.7 Å². The fourth-order valence-electron chi connectivity index (χ4n) is 3.73. The minimum Gasteiger partial charge on any atom is -0.352 e. The molecular formula is C21H29ClN4O. The van der Waals surface area contributed by atoms with E-state index >= 15 is 0 Å². The molecule has 1 aliphatic heterocycles. The topological polar surface area (TPSA) is 50.2 Å². The Hall–Kier alpha value is -1.85. The van der Waals surface area contributed by atoms with Crippen molar-refractivity contribution in [2.45, 2.75) is 45.7 Å². The molecule has 1 N–H and O–H groups in total. The summed E-state index contributed by atoms with van der Waals surface area (Å²) in [6.45, 7) is 5.76. The zero-order valence-corrected chi connectivity index (χ0v) is 17.0. The van der Waals surface area contributed by atoms with Gasteiger partial charge in [0.05, 0.1) is 6.20 Å². The van der Waals surface area contributed by atoms with Gasteiger partial charge in [0, 0.05) is 49.4 Å². The Kier molecular flexibility index (Phi) is 6.91. The van der Waals surface area contributed by atoms with Crippen molar-refractivity contribution >= 4 is 17.5 Å². The van der Waals surface area contributed by atoms with Gasteiger partial charge in [-0.25, -0.2) is 0 Å². The summed E-state index contributed by atoms with van der Waals surface area (Å²) in [6.07, 6.45) is 5.90. The molecule has 0 bridgehead atoms. The molecule has 5 nitrogen and oxygen atoms in total. The summed E-state index contributed by atoms with van der Waals surface area (Å²) in [4.78, 5) is 14.7. The number of rotatable bonds is 7. The second-order valence-corrected chi connectivity index (χ2v) is 7.94. The Labute approximate surface area is 166 Å². The summed E-state index contributed by atoms with van der Waals surface area (Å²) in [7, 11) is 1.99. The monoisotopic (exact) mass is 388 g/mol. The lowest BCUT2D eigenvalue weighted by atomic mass is 9.93. The van der Waals surface area contributed by atoms with Crippen LogP contribution in [0.25, 0.3) is 0 Å². The first kappa shape index (κ1) is 19.9. The maximum absolute atomic E-state index is 12.2. The SMILES string of the molecule is Cc1c(CN2CCCC(CCC(=O)NCc3ccccc3Cl)C2)cnn1C. The quantitative estimate of drug-likeness (QED) is 0.786. The van der Waals surface area contributed by atoms with E-state index in [2.05, 4.69) is 22.2 Å². The van der Waals surface area contributed by atoms with Crippen LogP contribution in [0.15, 0.2) is 30.5 Å². The van der Waals surface area contributed by atoms with E-state index in [-0.39, 0.29) is 5.91 Å². The van der Waals surface area contributed by atoms with Gasteiger partial charge < -0.3 is 5.32 Å². The lowest BCUT2D eigenvalue weighted by Crippen LogP contribution is -2.35. The summed E-state index contributed by atoms with van der Waals surface area (Å²) in [6, 6.07) is 7.63. The van der Waals surface area contributed by atoms with Gasteiger partial charge in [-0.05, 0) is 50.3 Å². The van der Waals surface area contributed by atoms with Crippen LogP contribution >= 0.6 is 11.6 Å². The molecule has 27 heavy (non-hydrogen) atoms. The van der Waals surface area contributed by atoms with Gasteiger partial charge in [-0.15, -0.1) is 0 Å². The number of nitrogens with zero attached hydrogens (tertiary/aromatic N) is 3. The molecule has 3 rings (SSSR count). The highest BCUT2D eigenvalue weighted by molar-refractivity contribution is 6.31. The molecule has 0 radical (unpaired) electrons. The molecule has 2 aromatic rings. The van der Waals surface area contributed by atoms with Crippen LogP contribution in [0.2, 0.25) is 5.02 Å². The maximum Gasteiger partial charge on any atom is 0.220 e. The number of nitrogens with one attached hydrogen (secondary N) is 1. The van der Waals surface area contributed by atoms with Gasteiger partial charge in [-0.2, -0.15) is 5.10 Å². The molecule has 1 aliphatic rings. The Balaban J connectivity index is 1.42. The van der Waals surface area contributed by atoms with E-state index < -0.39 is 0 Å². The highest BCUT2D eigenvalue weighted by Gasteiger charge is 2.21. The number of likely N-dealkylation sites (tertiary alicyclic amines) is 1. The zero-order valence-electron chi connectivity index (χ0n) is 16.2. The van der Waals surface area contributed by atoms with Crippen molar-refractivity contribution in [1.82, 2.24) is 20.0 Å². The number of carbonyl (C=O) groups excluding carboxylic acids is 1. The molecule has 0 saturated carbocycles. The van der Waals surface area contributed by atoms with Crippen LogP contribution in [0.1, 0.15) is 42.5 Å². The number of halogens is 1. The van der Waals surface area contributed by atoms with E-state index in [4.69, 9.17) is 11.6 Å². The maximum atomic E-state index is 12.2. The average Bonchev–Trinajstić information content (AvgIpc) is 2.98. The fourth-order valence-corrected chi connectivity index (χ4v) is 3.93. The minimum atomic E-state index is 0.107. The van der Waals surface area contributed by atoms with Crippen molar-refractivity contribution in [2.24, 2.45) is 13.0 Å². The Morgan fingerprint density at radius 2 is 2.15 bits per heavy atom. The highest BCUT2D eigenvalue weighted by atomic mass is 35.5. The summed E-state index contributed by atoms with van der Waals surface area (Å²) >= 11 is 6.14. The molecule has 1 atom stereocenters. The summed E-state index contributed by atoms with van der Waals surface area (Å²) < 4.78 is 1.93. The third-order valence-corrected chi connectivity index (χ3v) is 5.92. The van der Waals surface area contributed by atoms with Crippen molar-refractivity contribution in [1.29, 1.82) is 0 Å². The number of aromatic nitrogens is 2. The second-order valence-electron chi connectivity index (χ2n) is 7.53. The normalized spacial score (nSPS) is 17.8. The van der Waals surface area contributed by atoms with E-state index in [1.807, 2.05) is 42.2 Å². The van der Waals surface area contributed by atoms with Crippen LogP contribution in [-0.2, 0) is 24.9 Å². The van der Waals surface area contributed by atoms with Crippen molar-refractivity contribution in [2.75, 3.05) is 13.1 Å². The van der Waals surface area contributed by atoms with Crippen molar-refractivity contribution in [3.8, 4) is 0 Å². The molecule has 1 unspecified atom stereocenters. The summed E-state index contributed by atoms with van der Waals surface area (Å²) in [5.74, 6) is 0.692. The third-order valence-electron chi connectivity index (χ3n) is 5.55. The van der Waals surface area contributed by atoms with E-state index in [9.17, 15) is 4.79 Å². The predicted octanol–water partition coefficient (Wildman–Crippen LogP) is 3.69. The van der Waals surface area contributed by atoms with Crippen molar-refractivity contribution in [3.05, 3.63) is 52.3 Å². The zero-order chi connectivity index (χ0) is 19.2. The molecule has 6 heteroatoms. The number of piperidine rings is 1. The molecule has 1 aromatic carbocycles. The third kappa shape index (κ3) is 5.56. The number of benzene rings is 1. The van der Waals surface area contributed by atoms with Gasteiger partial charge in [0.1, 0.15) is 0 Å². The van der Waals surface area contributed by atoms with Crippen LogP contribution in [0.5, 0.6) is 0 Å². The molecule has 1 amide bonds. The number of carbonyl (C=O) groups is 1. The molecule has 1 aromatic heterocycles. The smallest absolute Gasteiger partial charge is 0.220 e. The van der Waals surface area contributed by atoms with Gasteiger partial charge in [0.25, 0.3) is 0 Å². The molecule has 1 saturated heterocycles. The Morgan fingerprint density at radius 1 is 1.33 bits per heavy atom. The van der Waals surface area contributed by atoms with Gasteiger partial charge >= 0.3 is 0 Å². The largest absolute Gasteiger partial charge is 0.352 e. The van der Waals surface area contributed by atoms with Crippen LogP contribution < -0.4 is 5.32 Å². The first-order valence-corrected chi connectivity index (χ1v) is 10.1. The number of amides is 1. The summed E-state index contributed by atoms with van der Waals surface area (Å²) in [5.41, 5.74) is 3.50. The Bertz CT molecular complexity index is 773. The highest BCUT2D eigenvalue weighted by Crippen LogP contribution is 2.23. The van der Waals surface area contributed by atoms with Crippen LogP contribution in [0, 0.1) is 12.8 Å².